The van der Waals surface area contributed by atoms with Crippen molar-refractivity contribution in [1.29, 1.82) is 0 Å². The molecule has 0 aliphatic carbocycles. The summed E-state index contributed by atoms with van der Waals surface area (Å²) in [7, 11) is 0. The molecule has 110 valence electrons. The first-order valence-electron chi connectivity index (χ1n) is 6.25. The number of nitrogens with zero attached hydrogens (tertiary/aromatic N) is 2. The Kier molecular flexibility index (Phi) is 4.99. The second kappa shape index (κ2) is 6.94. The van der Waals surface area contributed by atoms with Gasteiger partial charge in [0.15, 0.2) is 5.16 Å². The second-order valence-corrected chi connectivity index (χ2v) is 4.74. The van der Waals surface area contributed by atoms with Gasteiger partial charge in [0.1, 0.15) is 11.3 Å². The number of thioether (sulfide) groups is 1. The van der Waals surface area contributed by atoms with Gasteiger partial charge in [-0.2, -0.15) is 4.98 Å². The lowest BCUT2D eigenvalue weighted by atomic mass is 10.3. The molecule has 0 unspecified atom stereocenters. The van der Waals surface area contributed by atoms with Crippen LogP contribution < -0.4 is 10.5 Å². The van der Waals surface area contributed by atoms with E-state index < -0.39 is 5.97 Å². The summed E-state index contributed by atoms with van der Waals surface area (Å²) in [6, 6.07) is 6.87. The summed E-state index contributed by atoms with van der Waals surface area (Å²) in [6.45, 7) is 1.99. The van der Waals surface area contributed by atoms with Crippen LogP contribution in [0.5, 0.6) is 11.6 Å². The number of anilines is 1. The Bertz CT molecular complexity index is 649. The number of esters is 1. The minimum absolute atomic E-state index is 0.151. The molecule has 2 aromatic rings. The van der Waals surface area contributed by atoms with Gasteiger partial charge in [-0.15, -0.1) is 0 Å². The molecule has 6 nitrogen and oxygen atoms in total. The van der Waals surface area contributed by atoms with Crippen molar-refractivity contribution in [3.8, 4) is 11.6 Å². The molecular formula is C14H15N3O3S. The number of nitrogens with two attached hydrogens (primary N) is 1. The van der Waals surface area contributed by atoms with Crippen molar-refractivity contribution in [2.45, 2.75) is 12.1 Å². The Labute approximate surface area is 126 Å². The largest absolute Gasteiger partial charge is 0.462 e. The monoisotopic (exact) mass is 305 g/mol. The number of rotatable bonds is 5. The fraction of sp³-hybridized carbons (Fsp3) is 0.214. The molecule has 1 aromatic heterocycles. The summed E-state index contributed by atoms with van der Waals surface area (Å²) in [5, 5.41) is 0.502. The fourth-order valence-corrected chi connectivity index (χ4v) is 1.90. The van der Waals surface area contributed by atoms with Gasteiger partial charge in [0.25, 0.3) is 0 Å². The van der Waals surface area contributed by atoms with Crippen LogP contribution in [-0.4, -0.2) is 28.8 Å². The molecule has 0 amide bonds. The summed E-state index contributed by atoms with van der Waals surface area (Å²) in [5.41, 5.74) is 6.44. The van der Waals surface area contributed by atoms with Gasteiger partial charge in [0.2, 0.25) is 5.88 Å². The van der Waals surface area contributed by atoms with E-state index in [1.807, 2.05) is 6.26 Å². The lowest BCUT2D eigenvalue weighted by molar-refractivity contribution is 0.0522. The molecule has 7 heteroatoms. The average Bonchev–Trinajstić information content (AvgIpc) is 2.47. The van der Waals surface area contributed by atoms with Crippen molar-refractivity contribution in [3.63, 3.8) is 0 Å². The summed E-state index contributed by atoms with van der Waals surface area (Å²) >= 11 is 1.35. The van der Waals surface area contributed by atoms with Crippen LogP contribution in [0.2, 0.25) is 0 Å². The van der Waals surface area contributed by atoms with Crippen LogP contribution in [0.1, 0.15) is 17.3 Å². The molecular weight excluding hydrogens is 290 g/mol. The van der Waals surface area contributed by atoms with Crippen molar-refractivity contribution < 1.29 is 14.3 Å². The van der Waals surface area contributed by atoms with Crippen molar-refractivity contribution in [2.24, 2.45) is 0 Å². The molecule has 2 N–H and O–H groups in total. The summed E-state index contributed by atoms with van der Waals surface area (Å²) in [5.74, 6) is 0.119. The maximum absolute atomic E-state index is 11.9. The van der Waals surface area contributed by atoms with Gasteiger partial charge in [0, 0.05) is 18.0 Å². The van der Waals surface area contributed by atoms with Gasteiger partial charge in [0.05, 0.1) is 6.61 Å². The lowest BCUT2D eigenvalue weighted by Crippen LogP contribution is -2.09. The molecule has 0 radical (unpaired) electrons. The van der Waals surface area contributed by atoms with E-state index >= 15 is 0 Å². The molecule has 0 atom stereocenters. The first kappa shape index (κ1) is 15.1. The van der Waals surface area contributed by atoms with Crippen LogP contribution in [0.3, 0.4) is 0 Å². The molecule has 1 heterocycles. The van der Waals surface area contributed by atoms with E-state index in [2.05, 4.69) is 9.97 Å². The highest BCUT2D eigenvalue weighted by molar-refractivity contribution is 7.98. The standard InChI is InChI=1S/C14H15N3O3S/c1-3-19-13(18)11-8-16-14(21-2)17-12(11)20-10-6-4-5-9(15)7-10/h4-8H,3,15H2,1-2H3. The highest BCUT2D eigenvalue weighted by Crippen LogP contribution is 2.26. The third-order valence-corrected chi connectivity index (χ3v) is 3.04. The van der Waals surface area contributed by atoms with E-state index in [1.54, 1.807) is 31.2 Å². The van der Waals surface area contributed by atoms with Crippen LogP contribution >= 0.6 is 11.8 Å². The third-order valence-electron chi connectivity index (χ3n) is 2.48. The minimum Gasteiger partial charge on any atom is -0.462 e. The number of carbonyl (C=O) groups is 1. The second-order valence-electron chi connectivity index (χ2n) is 3.97. The molecule has 0 saturated carbocycles. The highest BCUT2D eigenvalue weighted by atomic mass is 32.2. The number of carbonyl (C=O) groups excluding carboxylic acids is 1. The Morgan fingerprint density at radius 1 is 1.43 bits per heavy atom. The molecule has 1 aromatic carbocycles. The van der Waals surface area contributed by atoms with Crippen LogP contribution in [0.25, 0.3) is 0 Å². The van der Waals surface area contributed by atoms with Gasteiger partial charge >= 0.3 is 5.97 Å². The lowest BCUT2D eigenvalue weighted by Gasteiger charge is -2.10. The van der Waals surface area contributed by atoms with Crippen LogP contribution in [0.15, 0.2) is 35.6 Å². The zero-order chi connectivity index (χ0) is 15.2. The van der Waals surface area contributed by atoms with Crippen LogP contribution in [0, 0.1) is 0 Å². The zero-order valence-electron chi connectivity index (χ0n) is 11.7. The summed E-state index contributed by atoms with van der Waals surface area (Å²) in [6.07, 6.45) is 3.24. The molecule has 0 aliphatic heterocycles. The molecule has 0 spiro atoms. The predicted octanol–water partition coefficient (Wildman–Crippen LogP) is 2.75. The van der Waals surface area contributed by atoms with E-state index in [0.717, 1.165) is 0 Å². The Morgan fingerprint density at radius 3 is 2.90 bits per heavy atom. The van der Waals surface area contributed by atoms with Gasteiger partial charge < -0.3 is 15.2 Å². The van der Waals surface area contributed by atoms with Crippen molar-refractivity contribution in [1.82, 2.24) is 9.97 Å². The highest BCUT2D eigenvalue weighted by Gasteiger charge is 2.18. The number of hydrogen-bond acceptors (Lipinski definition) is 7. The molecule has 0 fully saturated rings. The maximum atomic E-state index is 11.9. The van der Waals surface area contributed by atoms with Gasteiger partial charge in [-0.3, -0.25) is 0 Å². The number of benzene rings is 1. The number of ether oxygens (including phenoxy) is 2. The SMILES string of the molecule is CCOC(=O)c1cnc(SC)nc1Oc1cccc(N)c1. The van der Waals surface area contributed by atoms with Gasteiger partial charge in [-0.25, -0.2) is 9.78 Å². The molecule has 0 bridgehead atoms. The van der Waals surface area contributed by atoms with E-state index in [4.69, 9.17) is 15.2 Å². The molecule has 2 rings (SSSR count). The maximum Gasteiger partial charge on any atom is 0.345 e. The number of nitrogen functional groups attached to an aromatic ring is 1. The Morgan fingerprint density at radius 2 is 2.24 bits per heavy atom. The van der Waals surface area contributed by atoms with E-state index in [9.17, 15) is 4.79 Å². The van der Waals surface area contributed by atoms with Crippen LogP contribution in [-0.2, 0) is 4.74 Å². The van der Waals surface area contributed by atoms with Crippen molar-refractivity contribution in [2.75, 3.05) is 18.6 Å². The quantitative estimate of drug-likeness (QED) is 0.393. The zero-order valence-corrected chi connectivity index (χ0v) is 12.5. The first-order valence-corrected chi connectivity index (χ1v) is 7.48. The minimum atomic E-state index is -0.524. The third kappa shape index (κ3) is 3.85. The van der Waals surface area contributed by atoms with E-state index in [0.29, 0.717) is 16.6 Å². The predicted molar refractivity (Wildman–Crippen MR) is 80.7 cm³/mol. The Balaban J connectivity index is 2.37. The molecule has 0 saturated heterocycles. The Hall–Kier alpha value is -2.28. The first-order chi connectivity index (χ1) is 10.1. The van der Waals surface area contributed by atoms with E-state index in [1.165, 1.54) is 18.0 Å². The molecule has 21 heavy (non-hydrogen) atoms. The van der Waals surface area contributed by atoms with Gasteiger partial charge in [-0.05, 0) is 25.3 Å². The van der Waals surface area contributed by atoms with Crippen LogP contribution in [0.4, 0.5) is 5.69 Å². The van der Waals surface area contributed by atoms with E-state index in [-0.39, 0.29) is 18.1 Å². The average molecular weight is 305 g/mol. The molecule has 0 aliphatic rings. The smallest absolute Gasteiger partial charge is 0.345 e. The summed E-state index contributed by atoms with van der Waals surface area (Å²) in [4.78, 5) is 20.2. The fourth-order valence-electron chi connectivity index (χ4n) is 1.57. The van der Waals surface area contributed by atoms with Crippen molar-refractivity contribution >= 4 is 23.4 Å². The van der Waals surface area contributed by atoms with Gasteiger partial charge in [-0.1, -0.05) is 17.8 Å². The number of hydrogen-bond donors (Lipinski definition) is 1. The van der Waals surface area contributed by atoms with Crippen molar-refractivity contribution in [3.05, 3.63) is 36.0 Å². The normalized spacial score (nSPS) is 10.2. The topological polar surface area (TPSA) is 87.3 Å². The number of aromatic nitrogens is 2. The summed E-state index contributed by atoms with van der Waals surface area (Å²) < 4.78 is 10.6.